The third-order valence-corrected chi connectivity index (χ3v) is 6.94. The van der Waals surface area contributed by atoms with Gasteiger partial charge in [-0.1, -0.05) is 18.2 Å². The van der Waals surface area contributed by atoms with E-state index in [9.17, 15) is 22.0 Å². The monoisotopic (exact) mass is 428 g/mol. The Morgan fingerprint density at radius 3 is 2.33 bits per heavy atom. The third-order valence-electron chi connectivity index (χ3n) is 5.14. The highest BCUT2D eigenvalue weighted by atomic mass is 32.2. The van der Waals surface area contributed by atoms with E-state index in [1.807, 2.05) is 0 Å². The minimum absolute atomic E-state index is 0.0318. The topological polar surface area (TPSA) is 57.7 Å². The number of rotatable bonds is 4. The zero-order valence-electron chi connectivity index (χ0n) is 16.0. The Balaban J connectivity index is 1.60. The Bertz CT molecular complexity index is 1210. The summed E-state index contributed by atoms with van der Waals surface area (Å²) in [6, 6.07) is 16.1. The van der Waals surface area contributed by atoms with E-state index in [1.165, 1.54) is 36.2 Å². The van der Waals surface area contributed by atoms with E-state index < -0.39 is 27.6 Å². The van der Waals surface area contributed by atoms with Crippen molar-refractivity contribution in [2.45, 2.75) is 11.3 Å². The van der Waals surface area contributed by atoms with Crippen molar-refractivity contribution in [1.82, 2.24) is 0 Å². The van der Waals surface area contributed by atoms with Crippen LogP contribution in [-0.2, 0) is 16.4 Å². The number of anilines is 2. The van der Waals surface area contributed by atoms with Gasteiger partial charge in [-0.2, -0.15) is 0 Å². The van der Waals surface area contributed by atoms with Crippen LogP contribution in [0.5, 0.6) is 0 Å². The molecule has 4 rings (SSSR count). The molecule has 0 bridgehead atoms. The van der Waals surface area contributed by atoms with Crippen LogP contribution in [-0.4, -0.2) is 27.9 Å². The zero-order chi connectivity index (χ0) is 21.5. The number of benzene rings is 3. The Labute approximate surface area is 173 Å². The molecule has 1 aliphatic heterocycles. The van der Waals surface area contributed by atoms with Gasteiger partial charge in [0.15, 0.2) is 0 Å². The molecule has 0 saturated heterocycles. The Kier molecular flexibility index (Phi) is 5.03. The first-order valence-corrected chi connectivity index (χ1v) is 10.7. The summed E-state index contributed by atoms with van der Waals surface area (Å²) in [6.07, 6.45) is 0.293. The third kappa shape index (κ3) is 3.43. The van der Waals surface area contributed by atoms with Crippen molar-refractivity contribution in [3.05, 3.63) is 89.5 Å². The van der Waals surface area contributed by atoms with Gasteiger partial charge in [-0.25, -0.2) is 17.2 Å². The number of carbonyl (C=O) groups excluding carboxylic acids is 1. The van der Waals surface area contributed by atoms with Gasteiger partial charge in [0.1, 0.15) is 11.6 Å². The molecule has 154 valence electrons. The molecule has 1 heterocycles. The van der Waals surface area contributed by atoms with Gasteiger partial charge in [0, 0.05) is 30.8 Å². The lowest BCUT2D eigenvalue weighted by Crippen LogP contribution is -2.29. The molecule has 0 fully saturated rings. The summed E-state index contributed by atoms with van der Waals surface area (Å²) in [7, 11) is -2.35. The smallest absolute Gasteiger partial charge is 0.264 e. The second-order valence-corrected chi connectivity index (χ2v) is 8.89. The van der Waals surface area contributed by atoms with Crippen molar-refractivity contribution in [3.63, 3.8) is 0 Å². The summed E-state index contributed by atoms with van der Waals surface area (Å²) < 4.78 is 54.4. The fourth-order valence-electron chi connectivity index (χ4n) is 3.49. The standard InChI is InChI=1S/C22H18F2N2O3S/c1-25(17-5-3-2-4-6-17)30(28,29)18-9-7-15(8-10-18)22(27)26-12-11-19-20(24)13-16(23)14-21(19)26/h2-10,13-14H,11-12H2,1H3. The van der Waals surface area contributed by atoms with Crippen LogP contribution >= 0.6 is 0 Å². The molecule has 3 aromatic rings. The summed E-state index contributed by atoms with van der Waals surface area (Å²) >= 11 is 0. The molecule has 1 amide bonds. The number of carbonyl (C=O) groups is 1. The van der Waals surface area contributed by atoms with Crippen LogP contribution in [0.3, 0.4) is 0 Å². The summed E-state index contributed by atoms with van der Waals surface area (Å²) in [5, 5.41) is 0. The highest BCUT2D eigenvalue weighted by Crippen LogP contribution is 2.32. The van der Waals surface area contributed by atoms with Crippen LogP contribution < -0.4 is 9.21 Å². The second kappa shape index (κ2) is 7.53. The number of hydrogen-bond acceptors (Lipinski definition) is 3. The van der Waals surface area contributed by atoms with Gasteiger partial charge in [0.05, 0.1) is 16.3 Å². The van der Waals surface area contributed by atoms with Crippen LogP contribution in [0, 0.1) is 11.6 Å². The maximum atomic E-state index is 13.9. The van der Waals surface area contributed by atoms with Crippen LogP contribution in [0.4, 0.5) is 20.2 Å². The number of amides is 1. The molecule has 30 heavy (non-hydrogen) atoms. The fourth-order valence-corrected chi connectivity index (χ4v) is 4.69. The van der Waals surface area contributed by atoms with Crippen molar-refractivity contribution >= 4 is 27.3 Å². The molecular weight excluding hydrogens is 410 g/mol. The minimum atomic E-state index is -3.80. The maximum Gasteiger partial charge on any atom is 0.264 e. The lowest BCUT2D eigenvalue weighted by Gasteiger charge is -2.20. The average Bonchev–Trinajstić information content (AvgIpc) is 3.17. The molecule has 8 heteroatoms. The van der Waals surface area contributed by atoms with Crippen molar-refractivity contribution in [2.75, 3.05) is 22.8 Å². The van der Waals surface area contributed by atoms with Crippen LogP contribution in [0.2, 0.25) is 0 Å². The van der Waals surface area contributed by atoms with E-state index in [1.54, 1.807) is 30.3 Å². The van der Waals surface area contributed by atoms with Crippen LogP contribution in [0.15, 0.2) is 71.6 Å². The van der Waals surface area contributed by atoms with Crippen molar-refractivity contribution in [1.29, 1.82) is 0 Å². The number of nitrogens with zero attached hydrogens (tertiary/aromatic N) is 2. The molecule has 0 N–H and O–H groups in total. The summed E-state index contributed by atoms with van der Waals surface area (Å²) in [4.78, 5) is 14.2. The molecule has 0 saturated carbocycles. The molecule has 0 unspecified atom stereocenters. The largest absolute Gasteiger partial charge is 0.308 e. The SMILES string of the molecule is CN(c1ccccc1)S(=O)(=O)c1ccc(C(=O)N2CCc3c(F)cc(F)cc32)cc1. The molecule has 0 aliphatic carbocycles. The van der Waals surface area contributed by atoms with Gasteiger partial charge >= 0.3 is 0 Å². The Morgan fingerprint density at radius 1 is 1.00 bits per heavy atom. The molecule has 0 spiro atoms. The van der Waals surface area contributed by atoms with E-state index in [-0.39, 0.29) is 22.7 Å². The summed E-state index contributed by atoms with van der Waals surface area (Å²) in [5.74, 6) is -1.87. The summed E-state index contributed by atoms with van der Waals surface area (Å²) in [6.45, 7) is 0.228. The van der Waals surface area contributed by atoms with E-state index in [0.717, 1.165) is 16.4 Å². The molecule has 1 aliphatic rings. The Morgan fingerprint density at radius 2 is 1.67 bits per heavy atom. The molecular formula is C22H18F2N2O3S. The van der Waals surface area contributed by atoms with Gasteiger partial charge in [-0.3, -0.25) is 9.10 Å². The van der Waals surface area contributed by atoms with Gasteiger partial charge in [-0.15, -0.1) is 0 Å². The normalized spacial score (nSPS) is 13.2. The van der Waals surface area contributed by atoms with E-state index >= 15 is 0 Å². The van der Waals surface area contributed by atoms with Crippen molar-refractivity contribution in [3.8, 4) is 0 Å². The minimum Gasteiger partial charge on any atom is -0.308 e. The first-order chi connectivity index (χ1) is 14.3. The van der Waals surface area contributed by atoms with Crippen LogP contribution in [0.1, 0.15) is 15.9 Å². The lowest BCUT2D eigenvalue weighted by atomic mass is 10.1. The second-order valence-electron chi connectivity index (χ2n) is 6.92. The number of hydrogen-bond donors (Lipinski definition) is 0. The molecule has 5 nitrogen and oxygen atoms in total. The first kappa shape index (κ1) is 20.0. The molecule has 0 radical (unpaired) electrons. The van der Waals surface area contributed by atoms with Gasteiger partial charge in [0.2, 0.25) is 0 Å². The maximum absolute atomic E-state index is 13.9. The molecule has 3 aromatic carbocycles. The highest BCUT2D eigenvalue weighted by molar-refractivity contribution is 7.92. The predicted molar refractivity (Wildman–Crippen MR) is 110 cm³/mol. The number of para-hydroxylation sites is 1. The average molecular weight is 428 g/mol. The molecule has 0 aromatic heterocycles. The quantitative estimate of drug-likeness (QED) is 0.631. The number of fused-ring (bicyclic) bond motifs is 1. The molecule has 0 atom stereocenters. The fraction of sp³-hybridized carbons (Fsp3) is 0.136. The lowest BCUT2D eigenvalue weighted by molar-refractivity contribution is 0.0989. The van der Waals surface area contributed by atoms with Gasteiger partial charge in [-0.05, 0) is 48.9 Å². The Hall–Kier alpha value is -3.26. The predicted octanol–water partition coefficient (Wildman–Crippen LogP) is 3.99. The zero-order valence-corrected chi connectivity index (χ0v) is 16.9. The van der Waals surface area contributed by atoms with E-state index in [0.29, 0.717) is 17.7 Å². The highest BCUT2D eigenvalue weighted by Gasteiger charge is 2.29. The van der Waals surface area contributed by atoms with Crippen molar-refractivity contribution in [2.24, 2.45) is 0 Å². The van der Waals surface area contributed by atoms with Crippen LogP contribution in [0.25, 0.3) is 0 Å². The van der Waals surface area contributed by atoms with Gasteiger partial charge in [0.25, 0.3) is 15.9 Å². The summed E-state index contributed by atoms with van der Waals surface area (Å²) in [5.41, 5.74) is 1.25. The first-order valence-electron chi connectivity index (χ1n) is 9.23. The van der Waals surface area contributed by atoms with Crippen molar-refractivity contribution < 1.29 is 22.0 Å². The van der Waals surface area contributed by atoms with Gasteiger partial charge < -0.3 is 4.90 Å². The van der Waals surface area contributed by atoms with E-state index in [4.69, 9.17) is 0 Å². The van der Waals surface area contributed by atoms with E-state index in [2.05, 4.69) is 0 Å². The number of sulfonamides is 1. The number of halogens is 2.